The normalized spacial score (nSPS) is 12.0. The highest BCUT2D eigenvalue weighted by Crippen LogP contribution is 2.25. The summed E-state index contributed by atoms with van der Waals surface area (Å²) in [6.45, 7) is 0.567. The van der Waals surface area contributed by atoms with Gasteiger partial charge in [0.1, 0.15) is 12.4 Å². The van der Waals surface area contributed by atoms with Crippen LogP contribution >= 0.6 is 11.3 Å². The van der Waals surface area contributed by atoms with Gasteiger partial charge in [0, 0.05) is 0 Å². The fourth-order valence-electron chi connectivity index (χ4n) is 2.18. The summed E-state index contributed by atoms with van der Waals surface area (Å²) in [5.74, 6) is 0.849. The molecule has 0 unspecified atom stereocenters. The zero-order valence-corrected chi connectivity index (χ0v) is 12.4. The van der Waals surface area contributed by atoms with Crippen LogP contribution < -0.4 is 10.5 Å². The van der Waals surface area contributed by atoms with Crippen molar-refractivity contribution in [3.63, 3.8) is 0 Å². The number of ether oxygens (including phenoxy) is 1. The Bertz CT molecular complexity index is 679. The zero-order valence-electron chi connectivity index (χ0n) is 11.6. The number of rotatable bonds is 5. The summed E-state index contributed by atoms with van der Waals surface area (Å²) in [5, 5.41) is 4.13. The van der Waals surface area contributed by atoms with Gasteiger partial charge in [0.05, 0.1) is 6.04 Å². The molecule has 2 aromatic carbocycles. The first-order valence-electron chi connectivity index (χ1n) is 6.87. The van der Waals surface area contributed by atoms with Crippen molar-refractivity contribution in [2.75, 3.05) is 0 Å². The number of benzene rings is 2. The van der Waals surface area contributed by atoms with Crippen molar-refractivity contribution in [3.8, 4) is 5.75 Å². The van der Waals surface area contributed by atoms with E-state index in [0.29, 0.717) is 6.61 Å². The highest BCUT2D eigenvalue weighted by molar-refractivity contribution is 7.08. The highest BCUT2D eigenvalue weighted by Gasteiger charge is 2.10. The standard InChI is InChI=1S/C18H17NOS/c19-18(16-9-10-21-13-16)15-7-4-8-17(11-15)20-12-14-5-2-1-3-6-14/h1-11,13,18H,12,19H2/t18-/m0/s1. The third kappa shape index (κ3) is 3.51. The SMILES string of the molecule is N[C@H](c1ccsc1)c1cccc(OCc2ccccc2)c1. The van der Waals surface area contributed by atoms with Crippen LogP contribution in [-0.2, 0) is 6.61 Å². The number of thiophene rings is 1. The second kappa shape index (κ2) is 6.57. The molecule has 2 nitrogen and oxygen atoms in total. The molecule has 0 amide bonds. The topological polar surface area (TPSA) is 35.2 Å². The van der Waals surface area contributed by atoms with Crippen LogP contribution in [0.2, 0.25) is 0 Å². The van der Waals surface area contributed by atoms with E-state index in [2.05, 4.69) is 23.6 Å². The van der Waals surface area contributed by atoms with Crippen LogP contribution in [-0.4, -0.2) is 0 Å². The fraction of sp³-hybridized carbons (Fsp3) is 0.111. The first-order valence-corrected chi connectivity index (χ1v) is 7.81. The summed E-state index contributed by atoms with van der Waals surface area (Å²) in [6, 6.07) is 20.1. The molecule has 0 saturated heterocycles. The van der Waals surface area contributed by atoms with Crippen LogP contribution in [0.5, 0.6) is 5.75 Å². The molecular weight excluding hydrogens is 278 g/mol. The lowest BCUT2D eigenvalue weighted by atomic mass is 10.0. The molecule has 3 rings (SSSR count). The van der Waals surface area contributed by atoms with Crippen molar-refractivity contribution in [1.29, 1.82) is 0 Å². The molecule has 1 atom stereocenters. The van der Waals surface area contributed by atoms with Crippen LogP contribution in [0.4, 0.5) is 0 Å². The van der Waals surface area contributed by atoms with Gasteiger partial charge in [-0.2, -0.15) is 11.3 Å². The summed E-state index contributed by atoms with van der Waals surface area (Å²) in [6.07, 6.45) is 0. The predicted molar refractivity (Wildman–Crippen MR) is 87.6 cm³/mol. The maximum absolute atomic E-state index is 6.29. The monoisotopic (exact) mass is 295 g/mol. The van der Waals surface area contributed by atoms with E-state index in [1.54, 1.807) is 11.3 Å². The largest absolute Gasteiger partial charge is 0.489 e. The van der Waals surface area contributed by atoms with Gasteiger partial charge in [-0.1, -0.05) is 42.5 Å². The molecule has 0 radical (unpaired) electrons. The molecule has 3 heteroatoms. The summed E-state index contributed by atoms with van der Waals surface area (Å²) in [4.78, 5) is 0. The molecule has 2 N–H and O–H groups in total. The Kier molecular flexibility index (Phi) is 4.34. The van der Waals surface area contributed by atoms with Crippen molar-refractivity contribution in [2.24, 2.45) is 5.73 Å². The molecule has 0 aliphatic carbocycles. The average molecular weight is 295 g/mol. The van der Waals surface area contributed by atoms with Gasteiger partial charge in [-0.25, -0.2) is 0 Å². The van der Waals surface area contributed by atoms with Gasteiger partial charge >= 0.3 is 0 Å². The first kappa shape index (κ1) is 13.9. The first-order chi connectivity index (χ1) is 10.3. The van der Waals surface area contributed by atoms with Crippen molar-refractivity contribution >= 4 is 11.3 Å². The Labute approximate surface area is 128 Å². The third-order valence-corrected chi connectivity index (χ3v) is 4.07. The Morgan fingerprint density at radius 3 is 2.57 bits per heavy atom. The van der Waals surface area contributed by atoms with Crippen molar-refractivity contribution < 1.29 is 4.74 Å². The van der Waals surface area contributed by atoms with Gasteiger partial charge in [0.15, 0.2) is 0 Å². The van der Waals surface area contributed by atoms with Gasteiger partial charge in [-0.05, 0) is 45.6 Å². The number of hydrogen-bond donors (Lipinski definition) is 1. The van der Waals surface area contributed by atoms with E-state index in [-0.39, 0.29) is 6.04 Å². The predicted octanol–water partition coefficient (Wildman–Crippen LogP) is 4.38. The molecule has 1 heterocycles. The fourth-order valence-corrected chi connectivity index (χ4v) is 2.88. The van der Waals surface area contributed by atoms with Crippen LogP contribution in [0, 0.1) is 0 Å². The highest BCUT2D eigenvalue weighted by atomic mass is 32.1. The lowest BCUT2D eigenvalue weighted by Crippen LogP contribution is -2.10. The Hall–Kier alpha value is -2.10. The average Bonchev–Trinajstić information content (AvgIpc) is 3.08. The van der Waals surface area contributed by atoms with Gasteiger partial charge in [-0.3, -0.25) is 0 Å². The lowest BCUT2D eigenvalue weighted by Gasteiger charge is -2.13. The minimum Gasteiger partial charge on any atom is -0.489 e. The van der Waals surface area contributed by atoms with Crippen LogP contribution in [0.3, 0.4) is 0 Å². The van der Waals surface area contributed by atoms with Gasteiger partial charge in [-0.15, -0.1) is 0 Å². The molecule has 3 aromatic rings. The molecule has 0 spiro atoms. The smallest absolute Gasteiger partial charge is 0.120 e. The van der Waals surface area contributed by atoms with Gasteiger partial charge in [0.2, 0.25) is 0 Å². The van der Waals surface area contributed by atoms with E-state index >= 15 is 0 Å². The summed E-state index contributed by atoms with van der Waals surface area (Å²) in [7, 11) is 0. The minimum atomic E-state index is -0.100. The minimum absolute atomic E-state index is 0.100. The molecule has 0 bridgehead atoms. The second-order valence-corrected chi connectivity index (χ2v) is 5.66. The number of nitrogens with two attached hydrogens (primary N) is 1. The Morgan fingerprint density at radius 2 is 1.81 bits per heavy atom. The van der Waals surface area contributed by atoms with Crippen molar-refractivity contribution in [3.05, 3.63) is 88.1 Å². The Morgan fingerprint density at radius 1 is 0.952 bits per heavy atom. The number of hydrogen-bond acceptors (Lipinski definition) is 3. The molecule has 1 aromatic heterocycles. The second-order valence-electron chi connectivity index (χ2n) is 4.88. The van der Waals surface area contributed by atoms with Crippen molar-refractivity contribution in [2.45, 2.75) is 12.6 Å². The van der Waals surface area contributed by atoms with E-state index in [1.165, 1.54) is 0 Å². The maximum Gasteiger partial charge on any atom is 0.120 e. The van der Waals surface area contributed by atoms with Crippen molar-refractivity contribution in [1.82, 2.24) is 0 Å². The van der Waals surface area contributed by atoms with E-state index < -0.39 is 0 Å². The zero-order chi connectivity index (χ0) is 14.5. The van der Waals surface area contributed by atoms with E-state index in [1.807, 2.05) is 47.8 Å². The maximum atomic E-state index is 6.29. The summed E-state index contributed by atoms with van der Waals surface area (Å²) >= 11 is 1.66. The molecule has 0 fully saturated rings. The molecular formula is C18H17NOS. The van der Waals surface area contributed by atoms with Gasteiger partial charge < -0.3 is 10.5 Å². The van der Waals surface area contributed by atoms with E-state index in [4.69, 9.17) is 10.5 Å². The van der Waals surface area contributed by atoms with Gasteiger partial charge in [0.25, 0.3) is 0 Å². The molecule has 0 saturated carbocycles. The quantitative estimate of drug-likeness (QED) is 0.758. The Balaban J connectivity index is 1.71. The molecule has 0 aliphatic heterocycles. The summed E-state index contributed by atoms with van der Waals surface area (Å²) in [5.41, 5.74) is 9.65. The van der Waals surface area contributed by atoms with E-state index in [9.17, 15) is 0 Å². The molecule has 106 valence electrons. The van der Waals surface area contributed by atoms with Crippen LogP contribution in [0.1, 0.15) is 22.7 Å². The van der Waals surface area contributed by atoms with E-state index in [0.717, 1.165) is 22.4 Å². The lowest BCUT2D eigenvalue weighted by molar-refractivity contribution is 0.306. The van der Waals surface area contributed by atoms with Crippen LogP contribution in [0.25, 0.3) is 0 Å². The summed E-state index contributed by atoms with van der Waals surface area (Å²) < 4.78 is 5.85. The molecule has 0 aliphatic rings. The molecule has 21 heavy (non-hydrogen) atoms. The third-order valence-electron chi connectivity index (χ3n) is 3.37. The van der Waals surface area contributed by atoms with Crippen LogP contribution in [0.15, 0.2) is 71.4 Å².